The molecule has 5 nitrogen and oxygen atoms in total. The summed E-state index contributed by atoms with van der Waals surface area (Å²) < 4.78 is 40.7. The van der Waals surface area contributed by atoms with E-state index in [1.165, 1.54) is 36.5 Å². The molecule has 0 saturated carbocycles. The van der Waals surface area contributed by atoms with Crippen molar-refractivity contribution in [2.24, 2.45) is 0 Å². The summed E-state index contributed by atoms with van der Waals surface area (Å²) in [6, 6.07) is 5.89. The number of alkyl halides is 3. The molecule has 3 rings (SSSR count). The number of hydrogen-bond donors (Lipinski definition) is 2. The zero-order valence-corrected chi connectivity index (χ0v) is 15.6. The Kier molecular flexibility index (Phi) is 5.79. The Morgan fingerprint density at radius 1 is 1.29 bits per heavy atom. The topological polar surface area (TPSA) is 77.8 Å². The number of nitriles is 1. The van der Waals surface area contributed by atoms with Crippen molar-refractivity contribution >= 4 is 34.8 Å². The third-order valence-corrected chi connectivity index (χ3v) is 5.00. The molecule has 3 atom stereocenters. The number of aromatic nitrogens is 1. The van der Waals surface area contributed by atoms with E-state index in [9.17, 15) is 18.0 Å². The molecule has 146 valence electrons. The van der Waals surface area contributed by atoms with Crippen LogP contribution in [0, 0.1) is 11.3 Å². The number of anilines is 1. The molecule has 1 aromatic heterocycles. The second-order valence-electron chi connectivity index (χ2n) is 6.29. The van der Waals surface area contributed by atoms with Gasteiger partial charge < -0.3 is 5.32 Å². The minimum Gasteiger partial charge on any atom is -0.325 e. The Morgan fingerprint density at radius 3 is 2.64 bits per heavy atom. The van der Waals surface area contributed by atoms with E-state index in [2.05, 4.69) is 15.6 Å². The molecule has 2 N–H and O–H groups in total. The van der Waals surface area contributed by atoms with Crippen LogP contribution in [-0.2, 0) is 4.79 Å². The van der Waals surface area contributed by atoms with E-state index in [-0.39, 0.29) is 22.2 Å². The van der Waals surface area contributed by atoms with E-state index < -0.39 is 30.1 Å². The monoisotopic (exact) mass is 428 g/mol. The van der Waals surface area contributed by atoms with Gasteiger partial charge in [-0.1, -0.05) is 29.3 Å². The Labute approximate surface area is 168 Å². The zero-order chi connectivity index (χ0) is 20.5. The van der Waals surface area contributed by atoms with Gasteiger partial charge in [-0.15, -0.1) is 0 Å². The lowest BCUT2D eigenvalue weighted by Gasteiger charge is -2.22. The van der Waals surface area contributed by atoms with Gasteiger partial charge in [0.2, 0.25) is 5.91 Å². The Balaban J connectivity index is 1.84. The van der Waals surface area contributed by atoms with Gasteiger partial charge in [-0.25, -0.2) is 4.98 Å². The van der Waals surface area contributed by atoms with Crippen LogP contribution in [0.1, 0.15) is 23.5 Å². The smallest absolute Gasteiger partial charge is 0.325 e. The van der Waals surface area contributed by atoms with Crippen molar-refractivity contribution in [1.29, 1.82) is 5.26 Å². The normalized spacial score (nSPS) is 21.9. The number of rotatable bonds is 3. The van der Waals surface area contributed by atoms with Crippen LogP contribution in [-0.4, -0.2) is 29.2 Å². The summed E-state index contributed by atoms with van der Waals surface area (Å²) in [5.74, 6) is -1.64. The Morgan fingerprint density at radius 2 is 2.04 bits per heavy atom. The molecule has 10 heteroatoms. The van der Waals surface area contributed by atoms with Gasteiger partial charge in [-0.3, -0.25) is 10.1 Å². The van der Waals surface area contributed by atoms with E-state index in [0.29, 0.717) is 11.3 Å². The highest BCUT2D eigenvalue weighted by atomic mass is 35.5. The van der Waals surface area contributed by atoms with Gasteiger partial charge in [-0.05, 0) is 36.2 Å². The van der Waals surface area contributed by atoms with Crippen molar-refractivity contribution in [2.75, 3.05) is 5.32 Å². The first-order valence-electron chi connectivity index (χ1n) is 8.14. The fourth-order valence-corrected chi connectivity index (χ4v) is 3.59. The molecule has 0 radical (unpaired) electrons. The van der Waals surface area contributed by atoms with Crippen LogP contribution in [0.3, 0.4) is 0 Å². The molecule has 2 heterocycles. The van der Waals surface area contributed by atoms with Crippen LogP contribution in [0.4, 0.5) is 18.9 Å². The standard InChI is InChI=1S/C18H13Cl2F3N4O/c19-13-5-9(1-2-10(13)8-24)12-7-14(27-16(12)18(21,22)23)17(28)26-11-3-4-25-15(20)6-11/h1-6,12,14,16,27H,7H2,(H,25,26,28)/t12?,14-,16+/m0/s1. The number of pyridine rings is 1. The van der Waals surface area contributed by atoms with E-state index in [4.69, 9.17) is 28.5 Å². The van der Waals surface area contributed by atoms with Gasteiger partial charge in [0.1, 0.15) is 17.3 Å². The number of nitrogens with zero attached hydrogens (tertiary/aromatic N) is 2. The lowest BCUT2D eigenvalue weighted by atomic mass is 9.89. The second-order valence-corrected chi connectivity index (χ2v) is 7.08. The first-order valence-corrected chi connectivity index (χ1v) is 8.89. The molecule has 1 aromatic carbocycles. The van der Waals surface area contributed by atoms with Gasteiger partial charge in [0.05, 0.1) is 16.6 Å². The van der Waals surface area contributed by atoms with E-state index in [0.717, 1.165) is 0 Å². The molecule has 0 aliphatic carbocycles. The lowest BCUT2D eigenvalue weighted by Crippen LogP contribution is -2.46. The van der Waals surface area contributed by atoms with Gasteiger partial charge in [0.25, 0.3) is 0 Å². The lowest BCUT2D eigenvalue weighted by molar-refractivity contribution is -0.156. The second kappa shape index (κ2) is 7.95. The van der Waals surface area contributed by atoms with Gasteiger partial charge in [0.15, 0.2) is 0 Å². The first kappa shape index (κ1) is 20.4. The third-order valence-electron chi connectivity index (χ3n) is 4.48. The average molecular weight is 429 g/mol. The minimum absolute atomic E-state index is 0.0697. The predicted octanol–water partition coefficient (Wildman–Crippen LogP) is 4.28. The molecule has 28 heavy (non-hydrogen) atoms. The molecule has 1 saturated heterocycles. The number of halogens is 5. The van der Waals surface area contributed by atoms with Crippen LogP contribution in [0.2, 0.25) is 10.2 Å². The number of amides is 1. The maximum atomic E-state index is 13.6. The Bertz CT molecular complexity index is 945. The number of hydrogen-bond acceptors (Lipinski definition) is 4. The molecule has 1 aliphatic rings. The summed E-state index contributed by atoms with van der Waals surface area (Å²) >= 11 is 11.7. The molecule has 0 spiro atoms. The van der Waals surface area contributed by atoms with Crippen molar-refractivity contribution in [3.63, 3.8) is 0 Å². The molecule has 1 aliphatic heterocycles. The number of carbonyl (C=O) groups excluding carboxylic acids is 1. The van der Waals surface area contributed by atoms with Gasteiger partial charge >= 0.3 is 6.18 Å². The van der Waals surface area contributed by atoms with Crippen LogP contribution >= 0.6 is 23.2 Å². The molecular formula is C18H13Cl2F3N4O. The first-order chi connectivity index (χ1) is 13.2. The minimum atomic E-state index is -4.57. The summed E-state index contributed by atoms with van der Waals surface area (Å²) in [4.78, 5) is 16.2. The van der Waals surface area contributed by atoms with Crippen LogP contribution in [0.25, 0.3) is 0 Å². The van der Waals surface area contributed by atoms with Crippen molar-refractivity contribution in [2.45, 2.75) is 30.6 Å². The summed E-state index contributed by atoms with van der Waals surface area (Å²) in [5, 5.41) is 14.1. The molecule has 1 unspecified atom stereocenters. The van der Waals surface area contributed by atoms with E-state index in [1.54, 1.807) is 0 Å². The predicted molar refractivity (Wildman–Crippen MR) is 98.2 cm³/mol. The van der Waals surface area contributed by atoms with Crippen molar-refractivity contribution in [3.05, 3.63) is 57.8 Å². The van der Waals surface area contributed by atoms with Crippen molar-refractivity contribution < 1.29 is 18.0 Å². The van der Waals surface area contributed by atoms with Crippen LogP contribution in [0.15, 0.2) is 36.5 Å². The fraction of sp³-hybridized carbons (Fsp3) is 0.278. The highest BCUT2D eigenvalue weighted by Gasteiger charge is 2.52. The molecule has 0 bridgehead atoms. The van der Waals surface area contributed by atoms with Crippen molar-refractivity contribution in [3.8, 4) is 6.07 Å². The highest BCUT2D eigenvalue weighted by molar-refractivity contribution is 6.31. The molecule has 2 aromatic rings. The van der Waals surface area contributed by atoms with E-state index >= 15 is 0 Å². The van der Waals surface area contributed by atoms with Crippen LogP contribution in [0.5, 0.6) is 0 Å². The SMILES string of the molecule is N#Cc1ccc(C2C[C@@H](C(=O)Nc3ccnc(Cl)c3)N[C@H]2C(F)(F)F)cc1Cl. The number of benzene rings is 1. The average Bonchev–Trinajstić information content (AvgIpc) is 3.07. The molecule has 1 amide bonds. The van der Waals surface area contributed by atoms with E-state index in [1.807, 2.05) is 6.07 Å². The maximum Gasteiger partial charge on any atom is 0.404 e. The number of carbonyl (C=O) groups is 1. The van der Waals surface area contributed by atoms with Crippen LogP contribution < -0.4 is 10.6 Å². The maximum absolute atomic E-state index is 13.6. The zero-order valence-electron chi connectivity index (χ0n) is 14.1. The Hall–Kier alpha value is -2.34. The summed E-state index contributed by atoms with van der Waals surface area (Å²) in [6.07, 6.45) is -3.28. The fourth-order valence-electron chi connectivity index (χ4n) is 3.19. The van der Waals surface area contributed by atoms with Gasteiger partial charge in [0, 0.05) is 17.8 Å². The van der Waals surface area contributed by atoms with Crippen molar-refractivity contribution in [1.82, 2.24) is 10.3 Å². The quantitative estimate of drug-likeness (QED) is 0.715. The molecule has 1 fully saturated rings. The molecular weight excluding hydrogens is 416 g/mol. The summed E-state index contributed by atoms with van der Waals surface area (Å²) in [7, 11) is 0. The highest BCUT2D eigenvalue weighted by Crippen LogP contribution is 2.40. The van der Waals surface area contributed by atoms with Gasteiger partial charge in [-0.2, -0.15) is 18.4 Å². The number of nitrogens with one attached hydrogen (secondary N) is 2. The summed E-state index contributed by atoms with van der Waals surface area (Å²) in [5.41, 5.74) is 0.810. The largest absolute Gasteiger partial charge is 0.404 e. The third kappa shape index (κ3) is 4.38. The summed E-state index contributed by atoms with van der Waals surface area (Å²) in [6.45, 7) is 0.